The molecule has 0 aliphatic heterocycles. The average molecular weight is 198 g/mol. The maximum atomic E-state index is 3.94. The van der Waals surface area contributed by atoms with E-state index in [1.165, 1.54) is 12.0 Å². The van der Waals surface area contributed by atoms with Gasteiger partial charge in [-0.2, -0.15) is 0 Å². The van der Waals surface area contributed by atoms with Crippen LogP contribution < -0.4 is 5.32 Å². The van der Waals surface area contributed by atoms with Crippen LogP contribution in [0.3, 0.4) is 0 Å². The lowest BCUT2D eigenvalue weighted by Gasteiger charge is -2.28. The molecule has 1 atom stereocenters. The second kappa shape index (κ2) is 7.02. The molecule has 0 spiro atoms. The summed E-state index contributed by atoms with van der Waals surface area (Å²) in [7, 11) is 2.17. The molecule has 1 unspecified atom stereocenters. The van der Waals surface area contributed by atoms with E-state index in [-0.39, 0.29) is 0 Å². The molecule has 0 aromatic carbocycles. The standard InChI is InChI=1S/C12H26N2/c1-7-12(8-13-11(4)5)14(6)9-10(2)3/h11-13H,2,7-9H2,1,3-6H3. The highest BCUT2D eigenvalue weighted by atomic mass is 15.1. The zero-order valence-electron chi connectivity index (χ0n) is 10.4. The van der Waals surface area contributed by atoms with E-state index >= 15 is 0 Å². The molecule has 0 saturated heterocycles. The first-order valence-corrected chi connectivity index (χ1v) is 5.55. The zero-order valence-corrected chi connectivity index (χ0v) is 10.4. The van der Waals surface area contributed by atoms with Gasteiger partial charge in [-0.15, -0.1) is 0 Å². The van der Waals surface area contributed by atoms with E-state index in [4.69, 9.17) is 0 Å². The summed E-state index contributed by atoms with van der Waals surface area (Å²) < 4.78 is 0. The fourth-order valence-corrected chi connectivity index (χ4v) is 1.54. The summed E-state index contributed by atoms with van der Waals surface area (Å²) in [6, 6.07) is 1.19. The lowest BCUT2D eigenvalue weighted by molar-refractivity contribution is 0.243. The van der Waals surface area contributed by atoms with Gasteiger partial charge in [0.15, 0.2) is 0 Å². The molecule has 0 amide bonds. The maximum Gasteiger partial charge on any atom is 0.0218 e. The molecule has 0 rings (SSSR count). The number of nitrogens with zero attached hydrogens (tertiary/aromatic N) is 1. The molecule has 0 bridgehead atoms. The van der Waals surface area contributed by atoms with Gasteiger partial charge in [0.25, 0.3) is 0 Å². The van der Waals surface area contributed by atoms with E-state index in [1.54, 1.807) is 0 Å². The molecule has 84 valence electrons. The second-order valence-electron chi connectivity index (χ2n) is 4.50. The van der Waals surface area contributed by atoms with Gasteiger partial charge in [0.1, 0.15) is 0 Å². The summed E-state index contributed by atoms with van der Waals surface area (Å²) in [4.78, 5) is 2.37. The SMILES string of the molecule is C=C(C)CN(C)C(CC)CNC(C)C. The van der Waals surface area contributed by atoms with Crippen LogP contribution in [-0.2, 0) is 0 Å². The summed E-state index contributed by atoms with van der Waals surface area (Å²) in [6.07, 6.45) is 1.18. The van der Waals surface area contributed by atoms with Gasteiger partial charge >= 0.3 is 0 Å². The van der Waals surface area contributed by atoms with Crippen LogP contribution in [-0.4, -0.2) is 37.1 Å². The van der Waals surface area contributed by atoms with Crippen LogP contribution in [0.25, 0.3) is 0 Å². The van der Waals surface area contributed by atoms with Gasteiger partial charge < -0.3 is 5.32 Å². The molecule has 0 aromatic rings. The normalized spacial score (nSPS) is 13.6. The van der Waals surface area contributed by atoms with E-state index in [0.717, 1.165) is 13.1 Å². The van der Waals surface area contributed by atoms with Gasteiger partial charge in [-0.25, -0.2) is 0 Å². The molecule has 0 aromatic heterocycles. The van der Waals surface area contributed by atoms with Crippen LogP contribution in [0.1, 0.15) is 34.1 Å². The number of likely N-dealkylation sites (N-methyl/N-ethyl adjacent to an activating group) is 1. The van der Waals surface area contributed by atoms with Crippen LogP contribution in [0.5, 0.6) is 0 Å². The highest BCUT2D eigenvalue weighted by molar-refractivity contribution is 4.92. The van der Waals surface area contributed by atoms with Gasteiger partial charge in [-0.05, 0) is 20.4 Å². The van der Waals surface area contributed by atoms with Gasteiger partial charge in [0.2, 0.25) is 0 Å². The van der Waals surface area contributed by atoms with E-state index in [0.29, 0.717) is 12.1 Å². The Labute approximate surface area is 89.4 Å². The molecule has 1 N–H and O–H groups in total. The minimum atomic E-state index is 0.572. The van der Waals surface area contributed by atoms with Crippen molar-refractivity contribution in [2.45, 2.75) is 46.2 Å². The largest absolute Gasteiger partial charge is 0.313 e. The fraction of sp³-hybridized carbons (Fsp3) is 0.833. The van der Waals surface area contributed by atoms with Crippen molar-refractivity contribution in [3.05, 3.63) is 12.2 Å². The van der Waals surface area contributed by atoms with Crippen molar-refractivity contribution in [2.24, 2.45) is 0 Å². The van der Waals surface area contributed by atoms with E-state index in [9.17, 15) is 0 Å². The molecule has 0 fully saturated rings. The molecule has 0 aliphatic carbocycles. The molecule has 0 heterocycles. The number of rotatable bonds is 7. The predicted octanol–water partition coefficient (Wildman–Crippen LogP) is 2.27. The molecule has 0 radical (unpaired) electrons. The third kappa shape index (κ3) is 6.17. The zero-order chi connectivity index (χ0) is 11.1. The van der Waals surface area contributed by atoms with E-state index in [1.807, 2.05) is 0 Å². The van der Waals surface area contributed by atoms with Crippen LogP contribution in [0.15, 0.2) is 12.2 Å². The minimum absolute atomic E-state index is 0.572. The molecular formula is C12H26N2. The molecular weight excluding hydrogens is 172 g/mol. The first-order chi connectivity index (χ1) is 6.47. The Morgan fingerprint density at radius 1 is 1.43 bits per heavy atom. The van der Waals surface area contributed by atoms with Crippen LogP contribution >= 0.6 is 0 Å². The Balaban J connectivity index is 3.92. The van der Waals surface area contributed by atoms with Crippen LogP contribution in [0.4, 0.5) is 0 Å². The van der Waals surface area contributed by atoms with Crippen LogP contribution in [0.2, 0.25) is 0 Å². The van der Waals surface area contributed by atoms with Crippen molar-refractivity contribution in [3.8, 4) is 0 Å². The Kier molecular flexibility index (Phi) is 6.85. The van der Waals surface area contributed by atoms with Gasteiger partial charge in [0.05, 0.1) is 0 Å². The second-order valence-corrected chi connectivity index (χ2v) is 4.50. The first-order valence-electron chi connectivity index (χ1n) is 5.55. The lowest BCUT2D eigenvalue weighted by Crippen LogP contribution is -2.42. The number of hydrogen-bond donors (Lipinski definition) is 1. The Bertz CT molecular complexity index is 164. The maximum absolute atomic E-state index is 3.94. The quantitative estimate of drug-likeness (QED) is 0.631. The fourth-order valence-electron chi connectivity index (χ4n) is 1.54. The monoisotopic (exact) mass is 198 g/mol. The van der Waals surface area contributed by atoms with Crippen molar-refractivity contribution >= 4 is 0 Å². The average Bonchev–Trinajstić information content (AvgIpc) is 2.03. The van der Waals surface area contributed by atoms with E-state index < -0.39 is 0 Å². The Morgan fingerprint density at radius 3 is 2.36 bits per heavy atom. The number of hydrogen-bond acceptors (Lipinski definition) is 2. The molecule has 0 saturated carbocycles. The summed E-state index contributed by atoms with van der Waals surface area (Å²) in [6.45, 7) is 14.7. The summed E-state index contributed by atoms with van der Waals surface area (Å²) in [5, 5.41) is 3.48. The Hall–Kier alpha value is -0.340. The van der Waals surface area contributed by atoms with Gasteiger partial charge in [0, 0.05) is 25.2 Å². The third-order valence-electron chi connectivity index (χ3n) is 2.38. The molecule has 2 nitrogen and oxygen atoms in total. The van der Waals surface area contributed by atoms with Crippen molar-refractivity contribution < 1.29 is 0 Å². The van der Waals surface area contributed by atoms with Gasteiger partial charge in [-0.1, -0.05) is 32.9 Å². The lowest BCUT2D eigenvalue weighted by atomic mass is 10.1. The number of nitrogens with one attached hydrogen (secondary N) is 1. The van der Waals surface area contributed by atoms with Crippen LogP contribution in [0, 0.1) is 0 Å². The smallest absolute Gasteiger partial charge is 0.0218 e. The van der Waals surface area contributed by atoms with Crippen molar-refractivity contribution in [1.82, 2.24) is 10.2 Å². The van der Waals surface area contributed by atoms with Gasteiger partial charge in [-0.3, -0.25) is 4.90 Å². The summed E-state index contributed by atoms with van der Waals surface area (Å²) in [5.74, 6) is 0. The van der Waals surface area contributed by atoms with Crippen molar-refractivity contribution in [1.29, 1.82) is 0 Å². The first kappa shape index (κ1) is 13.7. The molecule has 14 heavy (non-hydrogen) atoms. The summed E-state index contributed by atoms with van der Waals surface area (Å²) >= 11 is 0. The van der Waals surface area contributed by atoms with Crippen molar-refractivity contribution in [2.75, 3.05) is 20.1 Å². The Morgan fingerprint density at radius 2 is 2.00 bits per heavy atom. The molecule has 2 heteroatoms. The third-order valence-corrected chi connectivity index (χ3v) is 2.38. The molecule has 0 aliphatic rings. The highest BCUT2D eigenvalue weighted by Gasteiger charge is 2.12. The topological polar surface area (TPSA) is 15.3 Å². The summed E-state index contributed by atoms with van der Waals surface area (Å²) in [5.41, 5.74) is 1.23. The minimum Gasteiger partial charge on any atom is -0.313 e. The van der Waals surface area contributed by atoms with E-state index in [2.05, 4.69) is 51.5 Å². The predicted molar refractivity (Wildman–Crippen MR) is 64.7 cm³/mol. The highest BCUT2D eigenvalue weighted by Crippen LogP contribution is 2.03. The van der Waals surface area contributed by atoms with Crippen molar-refractivity contribution in [3.63, 3.8) is 0 Å².